The molecule has 1 fully saturated rings. The molecule has 2 atom stereocenters. The molecule has 1 aliphatic rings. The molecule has 2 unspecified atom stereocenters. The van der Waals surface area contributed by atoms with Gasteiger partial charge in [-0.2, -0.15) is 0 Å². The van der Waals surface area contributed by atoms with Crippen LogP contribution >= 0.6 is 11.6 Å². The molecule has 1 aromatic rings. The Morgan fingerprint density at radius 2 is 2.35 bits per heavy atom. The number of hydrogen-bond donors (Lipinski definition) is 0. The van der Waals surface area contributed by atoms with Crippen molar-refractivity contribution in [2.75, 3.05) is 19.1 Å². The van der Waals surface area contributed by atoms with Gasteiger partial charge in [-0.3, -0.25) is 0 Å². The van der Waals surface area contributed by atoms with Crippen LogP contribution in [0.3, 0.4) is 0 Å². The fourth-order valence-electron chi connectivity index (χ4n) is 2.32. The normalized spacial score (nSPS) is 24.6. The maximum atomic E-state index is 6.01. The van der Waals surface area contributed by atoms with Gasteiger partial charge in [0.25, 0.3) is 0 Å². The fourth-order valence-corrected chi connectivity index (χ4v) is 2.63. The van der Waals surface area contributed by atoms with Crippen LogP contribution in [0.2, 0.25) is 0 Å². The lowest BCUT2D eigenvalue weighted by atomic mass is 9.91. The smallest absolute Gasteiger partial charge is 0.119 e. The van der Waals surface area contributed by atoms with Gasteiger partial charge in [0.15, 0.2) is 0 Å². The molecule has 0 N–H and O–H groups in total. The molecule has 1 aromatic carbocycles. The number of halogens is 1. The van der Waals surface area contributed by atoms with Gasteiger partial charge in [-0.05, 0) is 37.5 Å². The molecule has 0 aromatic heterocycles. The lowest BCUT2D eigenvalue weighted by Gasteiger charge is -2.30. The van der Waals surface area contributed by atoms with Gasteiger partial charge in [0, 0.05) is 18.4 Å². The zero-order valence-corrected chi connectivity index (χ0v) is 11.0. The van der Waals surface area contributed by atoms with Crippen molar-refractivity contribution in [2.24, 2.45) is 5.92 Å². The summed E-state index contributed by atoms with van der Waals surface area (Å²) in [6.45, 7) is 3.51. The lowest BCUT2D eigenvalue weighted by molar-refractivity contribution is -0.0209. The van der Waals surface area contributed by atoms with Crippen molar-refractivity contribution in [3.05, 3.63) is 29.8 Å². The summed E-state index contributed by atoms with van der Waals surface area (Å²) in [7, 11) is 0. The first-order valence-corrected chi connectivity index (χ1v) is 6.79. The Morgan fingerprint density at radius 1 is 1.47 bits per heavy atom. The fraction of sp³-hybridized carbons (Fsp3) is 0.571. The molecule has 0 bridgehead atoms. The largest absolute Gasteiger partial charge is 0.494 e. The first-order valence-electron chi connectivity index (χ1n) is 6.25. The minimum absolute atomic E-state index is 0.127. The zero-order chi connectivity index (χ0) is 12.1. The first kappa shape index (κ1) is 12.7. The van der Waals surface area contributed by atoms with E-state index in [0.717, 1.165) is 25.2 Å². The Kier molecular flexibility index (Phi) is 4.69. The van der Waals surface area contributed by atoms with Crippen molar-refractivity contribution in [2.45, 2.75) is 25.9 Å². The van der Waals surface area contributed by atoms with Crippen molar-refractivity contribution in [1.29, 1.82) is 0 Å². The van der Waals surface area contributed by atoms with Crippen LogP contribution in [-0.4, -0.2) is 19.1 Å². The third-order valence-corrected chi connectivity index (χ3v) is 3.54. The SMILES string of the molecule is CCOc1cccc(C2OCCCC2CCl)c1. The Bertz CT molecular complexity index is 354. The quantitative estimate of drug-likeness (QED) is 0.761. The molecule has 0 spiro atoms. The second-order valence-electron chi connectivity index (χ2n) is 4.35. The van der Waals surface area contributed by atoms with Crippen LogP contribution in [0.4, 0.5) is 0 Å². The van der Waals surface area contributed by atoms with Crippen molar-refractivity contribution in [3.63, 3.8) is 0 Å². The van der Waals surface area contributed by atoms with E-state index in [4.69, 9.17) is 21.1 Å². The molecular weight excluding hydrogens is 236 g/mol. The number of benzene rings is 1. The van der Waals surface area contributed by atoms with Crippen LogP contribution in [-0.2, 0) is 4.74 Å². The topological polar surface area (TPSA) is 18.5 Å². The molecular formula is C14H19ClO2. The zero-order valence-electron chi connectivity index (χ0n) is 10.2. The van der Waals surface area contributed by atoms with Crippen LogP contribution in [0.5, 0.6) is 5.75 Å². The minimum Gasteiger partial charge on any atom is -0.494 e. The van der Waals surface area contributed by atoms with Crippen molar-refractivity contribution in [1.82, 2.24) is 0 Å². The molecule has 1 heterocycles. The Balaban J connectivity index is 2.16. The Hall–Kier alpha value is -0.730. The van der Waals surface area contributed by atoms with E-state index in [1.54, 1.807) is 0 Å². The minimum atomic E-state index is 0.127. The number of rotatable bonds is 4. The lowest BCUT2D eigenvalue weighted by Crippen LogP contribution is -2.23. The molecule has 2 rings (SSSR count). The molecule has 0 radical (unpaired) electrons. The highest BCUT2D eigenvalue weighted by Gasteiger charge is 2.26. The molecule has 94 valence electrons. The summed E-state index contributed by atoms with van der Waals surface area (Å²) in [5, 5.41) is 0. The molecule has 2 nitrogen and oxygen atoms in total. The van der Waals surface area contributed by atoms with Gasteiger partial charge >= 0.3 is 0 Å². The van der Waals surface area contributed by atoms with Crippen LogP contribution in [0.15, 0.2) is 24.3 Å². The summed E-state index contributed by atoms with van der Waals surface area (Å²) < 4.78 is 11.4. The maximum absolute atomic E-state index is 6.01. The van der Waals surface area contributed by atoms with Crippen LogP contribution in [0, 0.1) is 5.92 Å². The molecule has 0 saturated carbocycles. The van der Waals surface area contributed by atoms with Gasteiger partial charge in [-0.1, -0.05) is 12.1 Å². The highest BCUT2D eigenvalue weighted by Crippen LogP contribution is 2.35. The molecule has 3 heteroatoms. The van der Waals surface area contributed by atoms with Gasteiger partial charge in [-0.15, -0.1) is 11.6 Å². The average molecular weight is 255 g/mol. The number of alkyl halides is 1. The van der Waals surface area contributed by atoms with Crippen LogP contribution in [0.1, 0.15) is 31.4 Å². The Morgan fingerprint density at radius 3 is 3.12 bits per heavy atom. The van der Waals surface area contributed by atoms with Gasteiger partial charge < -0.3 is 9.47 Å². The number of hydrogen-bond acceptors (Lipinski definition) is 2. The molecule has 1 saturated heterocycles. The van der Waals surface area contributed by atoms with E-state index in [1.807, 2.05) is 19.1 Å². The summed E-state index contributed by atoms with van der Waals surface area (Å²) in [6, 6.07) is 8.16. The second kappa shape index (κ2) is 6.27. The summed E-state index contributed by atoms with van der Waals surface area (Å²) in [5.41, 5.74) is 1.18. The highest BCUT2D eigenvalue weighted by molar-refractivity contribution is 6.18. The summed E-state index contributed by atoms with van der Waals surface area (Å²) >= 11 is 6.01. The second-order valence-corrected chi connectivity index (χ2v) is 4.66. The van der Waals surface area contributed by atoms with Crippen molar-refractivity contribution >= 4 is 11.6 Å². The summed E-state index contributed by atoms with van der Waals surface area (Å²) in [5.74, 6) is 1.98. The van der Waals surface area contributed by atoms with E-state index in [1.165, 1.54) is 5.56 Å². The van der Waals surface area contributed by atoms with Crippen LogP contribution < -0.4 is 4.74 Å². The van der Waals surface area contributed by atoms with Gasteiger partial charge in [0.05, 0.1) is 12.7 Å². The molecule has 0 amide bonds. The van der Waals surface area contributed by atoms with Crippen molar-refractivity contribution in [3.8, 4) is 5.75 Å². The Labute approximate surface area is 108 Å². The highest BCUT2D eigenvalue weighted by atomic mass is 35.5. The van der Waals surface area contributed by atoms with E-state index in [9.17, 15) is 0 Å². The summed E-state index contributed by atoms with van der Waals surface area (Å²) in [4.78, 5) is 0. The molecule has 1 aliphatic heterocycles. The van der Waals surface area contributed by atoms with Gasteiger partial charge in [0.1, 0.15) is 5.75 Å². The van der Waals surface area contributed by atoms with E-state index < -0.39 is 0 Å². The average Bonchev–Trinajstić information content (AvgIpc) is 2.39. The van der Waals surface area contributed by atoms with Crippen LogP contribution in [0.25, 0.3) is 0 Å². The predicted molar refractivity (Wildman–Crippen MR) is 69.7 cm³/mol. The molecule has 0 aliphatic carbocycles. The van der Waals surface area contributed by atoms with E-state index in [0.29, 0.717) is 18.4 Å². The summed E-state index contributed by atoms with van der Waals surface area (Å²) in [6.07, 6.45) is 2.38. The first-order chi connectivity index (χ1) is 8.35. The number of ether oxygens (including phenoxy) is 2. The molecule has 17 heavy (non-hydrogen) atoms. The van der Waals surface area contributed by atoms with E-state index in [2.05, 4.69) is 12.1 Å². The monoisotopic (exact) mass is 254 g/mol. The van der Waals surface area contributed by atoms with Gasteiger partial charge in [0.2, 0.25) is 0 Å². The predicted octanol–water partition coefficient (Wildman–Crippen LogP) is 3.79. The maximum Gasteiger partial charge on any atom is 0.119 e. The third-order valence-electron chi connectivity index (χ3n) is 3.14. The van der Waals surface area contributed by atoms with Gasteiger partial charge in [-0.25, -0.2) is 0 Å². The van der Waals surface area contributed by atoms with E-state index >= 15 is 0 Å². The van der Waals surface area contributed by atoms with Crippen molar-refractivity contribution < 1.29 is 9.47 Å². The van der Waals surface area contributed by atoms with E-state index in [-0.39, 0.29) is 6.10 Å². The third kappa shape index (κ3) is 3.14. The standard InChI is InChI=1S/C14H19ClO2/c1-2-16-13-7-3-5-11(9-13)14-12(10-15)6-4-8-17-14/h3,5,7,9,12,14H,2,4,6,8,10H2,1H3.